The highest BCUT2D eigenvalue weighted by Crippen LogP contribution is 2.14. The summed E-state index contributed by atoms with van der Waals surface area (Å²) in [5.41, 5.74) is 1.10. The molecule has 0 aliphatic heterocycles. The van der Waals surface area contributed by atoms with Crippen LogP contribution >= 0.6 is 35.3 Å². The monoisotopic (exact) mass is 370 g/mol. The van der Waals surface area contributed by atoms with Gasteiger partial charge in [0.1, 0.15) is 6.04 Å². The third kappa shape index (κ3) is 6.00. The minimum Gasteiger partial charge on any atom is -0.480 e. The second-order valence-corrected chi connectivity index (χ2v) is 7.10. The first-order chi connectivity index (χ1) is 11.0. The highest BCUT2D eigenvalue weighted by molar-refractivity contribution is 7.98. The number of aliphatic carboxylic acids is 1. The fourth-order valence-corrected chi connectivity index (χ4v) is 3.41. The van der Waals surface area contributed by atoms with Crippen molar-refractivity contribution in [2.45, 2.75) is 11.8 Å². The molecule has 2 rings (SSSR count). The molecule has 10 heteroatoms. The number of anilines is 1. The van der Waals surface area contributed by atoms with E-state index in [1.807, 2.05) is 30.3 Å². The summed E-state index contributed by atoms with van der Waals surface area (Å²) in [4.78, 5) is 23.0. The van der Waals surface area contributed by atoms with Gasteiger partial charge in [-0.2, -0.15) is 11.8 Å². The molecule has 0 aliphatic carbocycles. The Morgan fingerprint density at radius 1 is 1.39 bits per heavy atom. The number of amides is 2. The summed E-state index contributed by atoms with van der Waals surface area (Å²) in [6.07, 6.45) is 0. The lowest BCUT2D eigenvalue weighted by Crippen LogP contribution is -2.44. The minimum atomic E-state index is -1.09. The number of rotatable bonds is 7. The number of carboxylic acid groups (broad SMARTS) is 1. The number of aromatic amines is 1. The van der Waals surface area contributed by atoms with Crippen LogP contribution in [0.2, 0.25) is 0 Å². The molecule has 1 aromatic heterocycles. The molecule has 1 atom stereocenters. The van der Waals surface area contributed by atoms with Crippen LogP contribution in [0.25, 0.3) is 0 Å². The third-order valence-corrected chi connectivity index (χ3v) is 4.77. The average Bonchev–Trinajstić information content (AvgIpc) is 2.92. The Morgan fingerprint density at radius 2 is 2.13 bits per heavy atom. The second kappa shape index (κ2) is 8.65. The summed E-state index contributed by atoms with van der Waals surface area (Å²) < 4.78 is 0.425. The van der Waals surface area contributed by atoms with E-state index in [0.717, 1.165) is 16.9 Å². The predicted molar refractivity (Wildman–Crippen MR) is 93.5 cm³/mol. The topological polar surface area (TPSA) is 107 Å². The van der Waals surface area contributed by atoms with Gasteiger partial charge in [0, 0.05) is 11.5 Å². The lowest BCUT2D eigenvalue weighted by Gasteiger charge is -2.14. The fraction of sp³-hybridized carbons (Fsp3) is 0.231. The normalized spacial score (nSPS) is 11.7. The molecule has 0 spiro atoms. The SMILES string of the molecule is O=C(Nc1n[nH]c(=S)s1)N[C@@H](CSCc1ccccc1)C(=O)O. The smallest absolute Gasteiger partial charge is 0.327 e. The van der Waals surface area contributed by atoms with Gasteiger partial charge in [0.05, 0.1) is 0 Å². The molecule has 0 radical (unpaired) electrons. The average molecular weight is 370 g/mol. The van der Waals surface area contributed by atoms with Crippen LogP contribution in [0, 0.1) is 3.95 Å². The second-order valence-electron chi connectivity index (χ2n) is 4.41. The van der Waals surface area contributed by atoms with Crippen LogP contribution in [0.1, 0.15) is 5.56 Å². The Hall–Kier alpha value is -1.91. The zero-order valence-corrected chi connectivity index (χ0v) is 14.3. The van der Waals surface area contributed by atoms with Crippen LogP contribution in [0.3, 0.4) is 0 Å². The summed E-state index contributed by atoms with van der Waals surface area (Å²) in [6.45, 7) is 0. The molecule has 0 aliphatic rings. The molecular formula is C13H14N4O3S3. The lowest BCUT2D eigenvalue weighted by molar-refractivity contribution is -0.138. The molecule has 0 bridgehead atoms. The number of benzene rings is 1. The molecule has 0 fully saturated rings. The summed E-state index contributed by atoms with van der Waals surface area (Å²) in [7, 11) is 0. The van der Waals surface area contributed by atoms with Crippen molar-refractivity contribution in [3.63, 3.8) is 0 Å². The maximum atomic E-state index is 11.8. The number of carbonyl (C=O) groups is 2. The number of carboxylic acids is 1. The van der Waals surface area contributed by atoms with Crippen molar-refractivity contribution >= 4 is 52.4 Å². The van der Waals surface area contributed by atoms with Crippen LogP contribution < -0.4 is 10.6 Å². The molecule has 23 heavy (non-hydrogen) atoms. The Bertz CT molecular complexity index is 717. The molecule has 1 aromatic carbocycles. The zero-order valence-electron chi connectivity index (χ0n) is 11.8. The number of thioether (sulfide) groups is 1. The van der Waals surface area contributed by atoms with Crippen molar-refractivity contribution in [1.82, 2.24) is 15.5 Å². The van der Waals surface area contributed by atoms with Gasteiger partial charge in [-0.1, -0.05) is 41.7 Å². The highest BCUT2D eigenvalue weighted by Gasteiger charge is 2.20. The largest absolute Gasteiger partial charge is 0.480 e. The predicted octanol–water partition coefficient (Wildman–Crippen LogP) is 2.71. The van der Waals surface area contributed by atoms with E-state index >= 15 is 0 Å². The fourth-order valence-electron chi connectivity index (χ4n) is 1.62. The maximum Gasteiger partial charge on any atom is 0.327 e. The molecule has 7 nitrogen and oxygen atoms in total. The van der Waals surface area contributed by atoms with Gasteiger partial charge in [-0.3, -0.25) is 10.4 Å². The molecule has 122 valence electrons. The zero-order chi connectivity index (χ0) is 16.7. The van der Waals surface area contributed by atoms with Crippen molar-refractivity contribution < 1.29 is 14.7 Å². The summed E-state index contributed by atoms with van der Waals surface area (Å²) >= 11 is 7.38. The highest BCUT2D eigenvalue weighted by atomic mass is 32.2. The van der Waals surface area contributed by atoms with Crippen LogP contribution in [0.5, 0.6) is 0 Å². The number of nitrogens with one attached hydrogen (secondary N) is 3. The summed E-state index contributed by atoms with van der Waals surface area (Å²) in [5.74, 6) is -0.154. The van der Waals surface area contributed by atoms with Crippen molar-refractivity contribution in [3.05, 3.63) is 39.8 Å². The molecule has 0 unspecified atom stereocenters. The first-order valence-corrected chi connectivity index (χ1v) is 8.90. The van der Waals surface area contributed by atoms with E-state index in [2.05, 4.69) is 20.8 Å². The van der Waals surface area contributed by atoms with Crippen molar-refractivity contribution in [1.29, 1.82) is 0 Å². The van der Waals surface area contributed by atoms with Crippen molar-refractivity contribution in [2.75, 3.05) is 11.1 Å². The first kappa shape index (κ1) is 17.4. The molecule has 1 heterocycles. The molecule has 4 N–H and O–H groups in total. The van der Waals surface area contributed by atoms with Crippen LogP contribution in [-0.4, -0.2) is 39.1 Å². The van der Waals surface area contributed by atoms with Gasteiger partial charge in [-0.15, -0.1) is 5.10 Å². The van der Waals surface area contributed by atoms with Gasteiger partial charge in [-0.05, 0) is 17.8 Å². The summed E-state index contributed by atoms with van der Waals surface area (Å²) in [6, 6.07) is 8.09. The van der Waals surface area contributed by atoms with Gasteiger partial charge >= 0.3 is 12.0 Å². The molecule has 2 aromatic rings. The van der Waals surface area contributed by atoms with E-state index < -0.39 is 18.0 Å². The van der Waals surface area contributed by atoms with Gasteiger partial charge < -0.3 is 10.4 Å². The number of H-pyrrole nitrogens is 1. The van der Waals surface area contributed by atoms with E-state index in [-0.39, 0.29) is 10.9 Å². The molecule has 2 amide bonds. The number of aromatic nitrogens is 2. The molecule has 0 saturated heterocycles. The Labute approximate surface area is 145 Å². The lowest BCUT2D eigenvalue weighted by atomic mass is 10.2. The van der Waals surface area contributed by atoms with E-state index in [1.54, 1.807) is 0 Å². The van der Waals surface area contributed by atoms with Gasteiger partial charge in [0.15, 0.2) is 3.95 Å². The van der Waals surface area contributed by atoms with Crippen LogP contribution in [0.4, 0.5) is 9.93 Å². The maximum absolute atomic E-state index is 11.8. The van der Waals surface area contributed by atoms with E-state index in [1.165, 1.54) is 11.8 Å². The van der Waals surface area contributed by atoms with Gasteiger partial charge in [0.2, 0.25) is 5.13 Å². The molecular weight excluding hydrogens is 356 g/mol. The number of carbonyl (C=O) groups excluding carboxylic acids is 1. The standard InChI is InChI=1S/C13H14N4O3S3/c18-10(19)9(7-22-6-8-4-2-1-3-5-8)14-11(20)15-12-16-17-13(21)23-12/h1-5,9H,6-7H2,(H,17,21)(H,18,19)(H2,14,15,16,20)/t9-/m0/s1. The molecule has 0 saturated carbocycles. The van der Waals surface area contributed by atoms with E-state index in [4.69, 9.17) is 12.2 Å². The number of hydrogen-bond acceptors (Lipinski definition) is 6. The summed E-state index contributed by atoms with van der Waals surface area (Å²) in [5, 5.41) is 20.6. The third-order valence-electron chi connectivity index (χ3n) is 2.66. The van der Waals surface area contributed by atoms with Gasteiger partial charge in [0.25, 0.3) is 0 Å². The Kier molecular flexibility index (Phi) is 6.56. The van der Waals surface area contributed by atoms with Crippen molar-refractivity contribution in [3.8, 4) is 0 Å². The quantitative estimate of drug-likeness (QED) is 0.558. The van der Waals surface area contributed by atoms with E-state index in [9.17, 15) is 14.7 Å². The first-order valence-electron chi connectivity index (χ1n) is 6.52. The van der Waals surface area contributed by atoms with Gasteiger partial charge in [-0.25, -0.2) is 9.59 Å². The number of urea groups is 1. The van der Waals surface area contributed by atoms with E-state index in [0.29, 0.717) is 9.71 Å². The Balaban J connectivity index is 1.82. The van der Waals surface area contributed by atoms with Crippen LogP contribution in [-0.2, 0) is 10.5 Å². The Morgan fingerprint density at radius 3 is 2.74 bits per heavy atom. The minimum absolute atomic E-state index is 0.258. The van der Waals surface area contributed by atoms with Crippen molar-refractivity contribution in [2.24, 2.45) is 0 Å². The number of nitrogens with zero attached hydrogens (tertiary/aromatic N) is 1. The van der Waals surface area contributed by atoms with Crippen LogP contribution in [0.15, 0.2) is 30.3 Å². The number of hydrogen-bond donors (Lipinski definition) is 4.